The summed E-state index contributed by atoms with van der Waals surface area (Å²) in [6.45, 7) is 8.67. The Morgan fingerprint density at radius 2 is 0.638 bits per heavy atom. The Labute approximate surface area is 287 Å². The van der Waals surface area contributed by atoms with E-state index in [1.54, 1.807) is 0 Å². The van der Waals surface area contributed by atoms with Crippen molar-refractivity contribution in [3.63, 3.8) is 0 Å². The summed E-state index contributed by atoms with van der Waals surface area (Å²) >= 11 is 0. The first-order valence-corrected chi connectivity index (χ1v) is 18.1. The maximum absolute atomic E-state index is 10.3. The monoisotopic (exact) mass is 687 g/mol. The number of rotatable bonds is 27. The Morgan fingerprint density at radius 3 is 0.787 bits per heavy atom. The maximum Gasteiger partial charge on any atom is 0.303 e. The molecule has 0 fully saturated rings. The smallest absolute Gasteiger partial charge is 0.303 e. The SMILES string of the molecule is CC(C)CCCCCCCCCCCCCCC(=O)O.CCC(CO)(CO)CO.CCC(CO)(CO)CO.CCC(CO)(CO)CO. The molecule has 0 heterocycles. The summed E-state index contributed by atoms with van der Waals surface area (Å²) in [5, 5.41) is 86.4. The minimum absolute atomic E-state index is 0.156. The van der Waals surface area contributed by atoms with E-state index in [1.807, 2.05) is 20.8 Å². The summed E-state index contributed by atoms with van der Waals surface area (Å²) in [6, 6.07) is 0. The maximum atomic E-state index is 10.3. The zero-order valence-corrected chi connectivity index (χ0v) is 30.8. The van der Waals surface area contributed by atoms with Crippen molar-refractivity contribution in [3.05, 3.63) is 0 Å². The van der Waals surface area contributed by atoms with Gasteiger partial charge in [0.05, 0.1) is 59.5 Å². The molecule has 0 aliphatic heterocycles. The molecule has 0 saturated carbocycles. The molecule has 0 saturated heterocycles. The van der Waals surface area contributed by atoms with Gasteiger partial charge in [0, 0.05) is 22.7 Å². The van der Waals surface area contributed by atoms with E-state index in [0.717, 1.165) is 18.8 Å². The van der Waals surface area contributed by atoms with Gasteiger partial charge in [0.15, 0.2) is 0 Å². The largest absolute Gasteiger partial charge is 0.481 e. The highest BCUT2D eigenvalue weighted by Crippen LogP contribution is 2.20. The van der Waals surface area contributed by atoms with Crippen molar-refractivity contribution in [2.24, 2.45) is 22.2 Å². The van der Waals surface area contributed by atoms with E-state index < -0.39 is 22.2 Å². The number of aliphatic hydroxyl groups is 9. The molecule has 0 radical (unpaired) electrons. The molecule has 11 heteroatoms. The van der Waals surface area contributed by atoms with Crippen LogP contribution >= 0.6 is 0 Å². The van der Waals surface area contributed by atoms with Crippen LogP contribution in [0.4, 0.5) is 0 Å². The number of hydrogen-bond acceptors (Lipinski definition) is 10. The van der Waals surface area contributed by atoms with Gasteiger partial charge in [-0.25, -0.2) is 0 Å². The summed E-state index contributed by atoms with van der Waals surface area (Å²) in [5.74, 6) is 0.212. The Morgan fingerprint density at radius 1 is 0.426 bits per heavy atom. The molecule has 0 bridgehead atoms. The number of aliphatic hydroxyl groups excluding tert-OH is 9. The van der Waals surface area contributed by atoms with Gasteiger partial charge in [0.25, 0.3) is 0 Å². The fraction of sp³-hybridized carbons (Fsp3) is 0.972. The highest BCUT2D eigenvalue weighted by molar-refractivity contribution is 5.66. The van der Waals surface area contributed by atoms with E-state index >= 15 is 0 Å². The van der Waals surface area contributed by atoms with Crippen molar-refractivity contribution in [2.45, 2.75) is 144 Å². The molecule has 0 aromatic rings. The van der Waals surface area contributed by atoms with Crippen molar-refractivity contribution < 1.29 is 55.9 Å². The summed E-state index contributed by atoms with van der Waals surface area (Å²) in [4.78, 5) is 10.3. The van der Waals surface area contributed by atoms with Crippen LogP contribution in [0, 0.1) is 22.2 Å². The van der Waals surface area contributed by atoms with E-state index in [2.05, 4.69) is 13.8 Å². The molecule has 47 heavy (non-hydrogen) atoms. The number of aliphatic carboxylic acids is 1. The van der Waals surface area contributed by atoms with Crippen LogP contribution < -0.4 is 0 Å². The van der Waals surface area contributed by atoms with E-state index in [4.69, 9.17) is 51.1 Å². The van der Waals surface area contributed by atoms with Crippen LogP contribution in [-0.4, -0.2) is 116 Å². The molecule has 0 aliphatic rings. The van der Waals surface area contributed by atoms with Crippen molar-refractivity contribution in [1.29, 1.82) is 0 Å². The average molecular weight is 687 g/mol. The normalized spacial score (nSPS) is 11.6. The summed E-state index contributed by atoms with van der Waals surface area (Å²) in [5.41, 5.74) is -2.00. The van der Waals surface area contributed by atoms with Crippen molar-refractivity contribution in [3.8, 4) is 0 Å². The molecular weight excluding hydrogens is 608 g/mol. The summed E-state index contributed by atoms with van der Waals surface area (Å²) in [6.07, 6.45) is 19.1. The lowest BCUT2D eigenvalue weighted by Gasteiger charge is -2.24. The molecule has 0 atom stereocenters. The lowest BCUT2D eigenvalue weighted by molar-refractivity contribution is -0.137. The van der Waals surface area contributed by atoms with Crippen LogP contribution in [-0.2, 0) is 4.79 Å². The molecule has 0 unspecified atom stereocenters. The number of hydrogen-bond donors (Lipinski definition) is 10. The molecule has 288 valence electrons. The first kappa shape index (κ1) is 52.9. The highest BCUT2D eigenvalue weighted by atomic mass is 16.4. The Bertz CT molecular complexity index is 520. The molecule has 11 nitrogen and oxygen atoms in total. The second-order valence-corrected chi connectivity index (χ2v) is 13.6. The highest BCUT2D eigenvalue weighted by Gasteiger charge is 2.26. The fourth-order valence-electron chi connectivity index (χ4n) is 4.05. The fourth-order valence-corrected chi connectivity index (χ4v) is 4.05. The summed E-state index contributed by atoms with van der Waals surface area (Å²) in [7, 11) is 0. The number of carboxylic acids is 1. The van der Waals surface area contributed by atoms with Crippen molar-refractivity contribution >= 4 is 5.97 Å². The zero-order valence-electron chi connectivity index (χ0n) is 30.8. The van der Waals surface area contributed by atoms with Crippen molar-refractivity contribution in [2.75, 3.05) is 59.5 Å². The standard InChI is InChI=1S/C18H36O2.3C6H14O3/c1-17(2)15-13-11-9-7-5-3-4-6-8-10-12-14-16-18(19)20;3*1-2-6(3-7,4-8)5-9/h17H,3-16H2,1-2H3,(H,19,20);3*7-9H,2-5H2,1H3. The molecule has 0 aliphatic carbocycles. The van der Waals surface area contributed by atoms with Gasteiger partial charge in [-0.1, -0.05) is 112 Å². The third kappa shape index (κ3) is 30.9. The van der Waals surface area contributed by atoms with E-state index in [-0.39, 0.29) is 59.5 Å². The topological polar surface area (TPSA) is 219 Å². The van der Waals surface area contributed by atoms with Gasteiger partial charge >= 0.3 is 5.97 Å². The Balaban J connectivity index is -0.000000287. The predicted octanol–water partition coefficient (Wildman–Crippen LogP) is 4.27. The zero-order chi connectivity index (χ0) is 37.0. The first-order chi connectivity index (χ1) is 22.4. The third-order valence-corrected chi connectivity index (χ3v) is 9.19. The van der Waals surface area contributed by atoms with Crippen LogP contribution in [0.3, 0.4) is 0 Å². The first-order valence-electron chi connectivity index (χ1n) is 18.1. The quantitative estimate of drug-likeness (QED) is 0.0550. The molecule has 0 aromatic heterocycles. The molecule has 0 rings (SSSR count). The molecule has 0 aromatic carbocycles. The van der Waals surface area contributed by atoms with Gasteiger partial charge in [-0.05, 0) is 31.6 Å². The molecule has 10 N–H and O–H groups in total. The van der Waals surface area contributed by atoms with E-state index in [9.17, 15) is 4.79 Å². The van der Waals surface area contributed by atoms with Gasteiger partial charge in [0.2, 0.25) is 0 Å². The second kappa shape index (κ2) is 36.4. The Kier molecular flexibility index (Phi) is 41.0. The Hall–Kier alpha value is -0.890. The average Bonchev–Trinajstić information content (AvgIpc) is 3.09. The lowest BCUT2D eigenvalue weighted by Crippen LogP contribution is -2.32. The predicted molar refractivity (Wildman–Crippen MR) is 189 cm³/mol. The number of carbonyl (C=O) groups is 1. The van der Waals surface area contributed by atoms with Crippen LogP contribution in [0.1, 0.15) is 144 Å². The van der Waals surface area contributed by atoms with E-state index in [1.165, 1.54) is 70.6 Å². The minimum Gasteiger partial charge on any atom is -0.481 e. The van der Waals surface area contributed by atoms with Crippen LogP contribution in [0.25, 0.3) is 0 Å². The number of unbranched alkanes of at least 4 members (excludes halogenated alkanes) is 11. The third-order valence-electron chi connectivity index (χ3n) is 9.19. The number of carboxylic acid groups (broad SMARTS) is 1. The van der Waals surface area contributed by atoms with E-state index in [0.29, 0.717) is 25.7 Å². The van der Waals surface area contributed by atoms with Gasteiger partial charge < -0.3 is 51.1 Å². The molecule has 0 amide bonds. The lowest BCUT2D eigenvalue weighted by atomic mass is 9.88. The summed E-state index contributed by atoms with van der Waals surface area (Å²) < 4.78 is 0. The second-order valence-electron chi connectivity index (χ2n) is 13.6. The van der Waals surface area contributed by atoms with Crippen LogP contribution in [0.2, 0.25) is 0 Å². The van der Waals surface area contributed by atoms with Crippen LogP contribution in [0.15, 0.2) is 0 Å². The van der Waals surface area contributed by atoms with Crippen molar-refractivity contribution in [1.82, 2.24) is 0 Å². The van der Waals surface area contributed by atoms with Gasteiger partial charge in [-0.3, -0.25) is 4.79 Å². The van der Waals surface area contributed by atoms with Crippen LogP contribution in [0.5, 0.6) is 0 Å². The molecular formula is C36H78O11. The minimum atomic E-state index is -0.667. The van der Waals surface area contributed by atoms with Gasteiger partial charge in [-0.2, -0.15) is 0 Å². The molecule has 0 spiro atoms. The van der Waals surface area contributed by atoms with Gasteiger partial charge in [0.1, 0.15) is 0 Å². The van der Waals surface area contributed by atoms with Gasteiger partial charge in [-0.15, -0.1) is 0 Å².